The molecule has 0 radical (unpaired) electrons. The number of amides is 1. The second kappa shape index (κ2) is 5.79. The van der Waals surface area contributed by atoms with Crippen molar-refractivity contribution in [2.75, 3.05) is 6.54 Å². The molecule has 4 nitrogen and oxygen atoms in total. The van der Waals surface area contributed by atoms with Crippen LogP contribution in [0, 0.1) is 0 Å². The maximum Gasteiger partial charge on any atom is 0.264 e. The number of aryl methyl sites for hydroxylation is 1. The van der Waals surface area contributed by atoms with E-state index in [4.69, 9.17) is 4.52 Å². The number of nitrogens with zero attached hydrogens (tertiary/aromatic N) is 2. The molecule has 3 rings (SSSR count). The van der Waals surface area contributed by atoms with Gasteiger partial charge in [-0.2, -0.15) is 0 Å². The van der Waals surface area contributed by atoms with Crippen LogP contribution >= 0.6 is 11.3 Å². The average molecular weight is 290 g/mol. The number of hydrogen-bond acceptors (Lipinski definition) is 4. The summed E-state index contributed by atoms with van der Waals surface area (Å²) in [6.07, 6.45) is 3.93. The van der Waals surface area contributed by atoms with E-state index in [0.717, 1.165) is 48.6 Å². The zero-order valence-corrected chi connectivity index (χ0v) is 12.4. The Morgan fingerprint density at radius 2 is 2.50 bits per heavy atom. The number of carbonyl (C=O) groups excluding carboxylic acids is 1. The van der Waals surface area contributed by atoms with Crippen LogP contribution in [0.4, 0.5) is 0 Å². The van der Waals surface area contributed by atoms with Gasteiger partial charge < -0.3 is 9.42 Å². The summed E-state index contributed by atoms with van der Waals surface area (Å²) in [6.45, 7) is 2.92. The lowest BCUT2D eigenvalue weighted by Gasteiger charge is -2.22. The SMILES string of the molecule is CCCc1cc([C@H]2CCCN2C(=O)c2cccs2)no1. The predicted octanol–water partition coefficient (Wildman–Crippen LogP) is 3.67. The van der Waals surface area contributed by atoms with Crippen LogP contribution in [0.5, 0.6) is 0 Å². The Hall–Kier alpha value is -1.62. The monoisotopic (exact) mass is 290 g/mol. The Morgan fingerprint density at radius 1 is 1.60 bits per heavy atom. The van der Waals surface area contributed by atoms with Crippen molar-refractivity contribution < 1.29 is 9.32 Å². The number of thiophene rings is 1. The van der Waals surface area contributed by atoms with Crippen LogP contribution in [0.15, 0.2) is 28.1 Å². The number of rotatable bonds is 4. The number of carbonyl (C=O) groups is 1. The lowest BCUT2D eigenvalue weighted by atomic mass is 10.1. The molecule has 1 fully saturated rings. The average Bonchev–Trinajstić information content (AvgIpc) is 3.19. The molecule has 1 aliphatic heterocycles. The molecule has 0 saturated carbocycles. The molecule has 1 aliphatic rings. The molecule has 2 aromatic heterocycles. The highest BCUT2D eigenvalue weighted by atomic mass is 32.1. The van der Waals surface area contributed by atoms with E-state index < -0.39 is 0 Å². The fourth-order valence-electron chi connectivity index (χ4n) is 2.71. The van der Waals surface area contributed by atoms with Crippen molar-refractivity contribution >= 4 is 17.2 Å². The van der Waals surface area contributed by atoms with E-state index in [1.54, 1.807) is 0 Å². The van der Waals surface area contributed by atoms with Gasteiger partial charge in [0.05, 0.1) is 10.9 Å². The molecule has 1 atom stereocenters. The molecule has 106 valence electrons. The Labute approximate surface area is 122 Å². The van der Waals surface area contributed by atoms with Gasteiger partial charge in [-0.1, -0.05) is 18.1 Å². The Balaban J connectivity index is 1.79. The Bertz CT molecular complexity index is 576. The lowest BCUT2D eigenvalue weighted by Crippen LogP contribution is -2.30. The molecule has 0 unspecified atom stereocenters. The summed E-state index contributed by atoms with van der Waals surface area (Å²) in [4.78, 5) is 15.2. The van der Waals surface area contributed by atoms with E-state index in [2.05, 4.69) is 12.1 Å². The molecule has 0 spiro atoms. The van der Waals surface area contributed by atoms with Crippen molar-refractivity contribution in [1.29, 1.82) is 0 Å². The smallest absolute Gasteiger partial charge is 0.264 e. The standard InChI is InChI=1S/C15H18N2O2S/c1-2-5-11-10-12(16-19-11)13-6-3-8-17(13)15(18)14-7-4-9-20-14/h4,7,9-10,13H,2-3,5-6,8H2,1H3/t13-/m1/s1. The van der Waals surface area contributed by atoms with Crippen molar-refractivity contribution in [1.82, 2.24) is 10.1 Å². The highest BCUT2D eigenvalue weighted by Gasteiger charge is 2.33. The second-order valence-corrected chi connectivity index (χ2v) is 6.05. The lowest BCUT2D eigenvalue weighted by molar-refractivity contribution is 0.0736. The third kappa shape index (κ3) is 2.50. The van der Waals surface area contributed by atoms with Gasteiger partial charge in [-0.15, -0.1) is 11.3 Å². The van der Waals surface area contributed by atoms with Crippen molar-refractivity contribution in [3.8, 4) is 0 Å². The number of aromatic nitrogens is 1. The van der Waals surface area contributed by atoms with Crippen LogP contribution in [0.25, 0.3) is 0 Å². The van der Waals surface area contributed by atoms with Crippen LogP contribution in [0.1, 0.15) is 53.4 Å². The van der Waals surface area contributed by atoms with E-state index >= 15 is 0 Å². The molecular formula is C15H18N2O2S. The Kier molecular flexibility index (Phi) is 3.87. The quantitative estimate of drug-likeness (QED) is 0.863. The second-order valence-electron chi connectivity index (χ2n) is 5.10. The van der Waals surface area contributed by atoms with Crippen molar-refractivity contribution in [2.45, 2.75) is 38.6 Å². The van der Waals surface area contributed by atoms with E-state index in [1.807, 2.05) is 28.5 Å². The van der Waals surface area contributed by atoms with E-state index in [-0.39, 0.29) is 11.9 Å². The van der Waals surface area contributed by atoms with Gasteiger partial charge in [0, 0.05) is 19.0 Å². The third-order valence-electron chi connectivity index (χ3n) is 3.66. The summed E-state index contributed by atoms with van der Waals surface area (Å²) in [6, 6.07) is 5.87. The first kappa shape index (κ1) is 13.4. The minimum absolute atomic E-state index is 0.0685. The number of likely N-dealkylation sites (tertiary alicyclic amines) is 1. The molecular weight excluding hydrogens is 272 g/mol. The number of hydrogen-bond donors (Lipinski definition) is 0. The van der Waals surface area contributed by atoms with Gasteiger partial charge in [0.1, 0.15) is 11.5 Å². The van der Waals surface area contributed by atoms with Gasteiger partial charge in [-0.25, -0.2) is 0 Å². The first-order valence-corrected chi connectivity index (χ1v) is 7.97. The predicted molar refractivity (Wildman–Crippen MR) is 77.8 cm³/mol. The molecule has 3 heterocycles. The van der Waals surface area contributed by atoms with Gasteiger partial charge in [0.2, 0.25) is 0 Å². The Morgan fingerprint density at radius 3 is 3.25 bits per heavy atom. The first-order valence-electron chi connectivity index (χ1n) is 7.09. The molecule has 0 bridgehead atoms. The molecule has 1 saturated heterocycles. The van der Waals surface area contributed by atoms with Crippen LogP contribution in [0.2, 0.25) is 0 Å². The molecule has 0 aromatic carbocycles. The van der Waals surface area contributed by atoms with Crippen molar-refractivity contribution in [3.05, 3.63) is 39.9 Å². The van der Waals surface area contributed by atoms with Crippen molar-refractivity contribution in [2.24, 2.45) is 0 Å². The zero-order chi connectivity index (χ0) is 13.9. The van der Waals surface area contributed by atoms with E-state index in [0.29, 0.717) is 0 Å². The van der Waals surface area contributed by atoms with Crippen LogP contribution in [-0.2, 0) is 6.42 Å². The molecule has 2 aromatic rings. The minimum atomic E-state index is 0.0685. The topological polar surface area (TPSA) is 46.3 Å². The summed E-state index contributed by atoms with van der Waals surface area (Å²) in [5.74, 6) is 1.03. The van der Waals surface area contributed by atoms with Gasteiger partial charge in [-0.05, 0) is 30.7 Å². The van der Waals surface area contributed by atoms with Gasteiger partial charge in [-0.3, -0.25) is 4.79 Å². The van der Waals surface area contributed by atoms with Gasteiger partial charge in [0.15, 0.2) is 0 Å². The fraction of sp³-hybridized carbons (Fsp3) is 0.467. The molecule has 20 heavy (non-hydrogen) atoms. The molecule has 0 aliphatic carbocycles. The maximum absolute atomic E-state index is 12.5. The summed E-state index contributed by atoms with van der Waals surface area (Å²) in [5.41, 5.74) is 0.899. The van der Waals surface area contributed by atoms with E-state index in [9.17, 15) is 4.79 Å². The first-order chi connectivity index (χ1) is 9.79. The maximum atomic E-state index is 12.5. The third-order valence-corrected chi connectivity index (χ3v) is 4.52. The van der Waals surface area contributed by atoms with Gasteiger partial charge >= 0.3 is 0 Å². The van der Waals surface area contributed by atoms with Crippen LogP contribution < -0.4 is 0 Å². The largest absolute Gasteiger partial charge is 0.361 e. The summed E-state index contributed by atoms with van der Waals surface area (Å²) in [7, 11) is 0. The highest BCUT2D eigenvalue weighted by Crippen LogP contribution is 2.33. The van der Waals surface area contributed by atoms with Crippen LogP contribution in [-0.4, -0.2) is 22.5 Å². The summed E-state index contributed by atoms with van der Waals surface area (Å²) in [5, 5.41) is 6.10. The zero-order valence-electron chi connectivity index (χ0n) is 11.5. The minimum Gasteiger partial charge on any atom is -0.361 e. The summed E-state index contributed by atoms with van der Waals surface area (Å²) < 4.78 is 5.35. The normalized spacial score (nSPS) is 18.6. The molecule has 5 heteroatoms. The summed E-state index contributed by atoms with van der Waals surface area (Å²) >= 11 is 1.49. The van der Waals surface area contributed by atoms with Crippen molar-refractivity contribution in [3.63, 3.8) is 0 Å². The highest BCUT2D eigenvalue weighted by molar-refractivity contribution is 7.12. The van der Waals surface area contributed by atoms with E-state index in [1.165, 1.54) is 11.3 Å². The fourth-order valence-corrected chi connectivity index (χ4v) is 3.39. The molecule has 1 amide bonds. The van der Waals surface area contributed by atoms with Crippen LogP contribution in [0.3, 0.4) is 0 Å². The van der Waals surface area contributed by atoms with Gasteiger partial charge in [0.25, 0.3) is 5.91 Å². The molecule has 0 N–H and O–H groups in total.